The van der Waals surface area contributed by atoms with E-state index in [1.54, 1.807) is 0 Å². The van der Waals surface area contributed by atoms with Crippen molar-refractivity contribution in [2.24, 2.45) is 0 Å². The first-order chi connectivity index (χ1) is 7.28. The molecular weight excluding hydrogens is 190 g/mol. The maximum Gasteiger partial charge on any atom is 0.0834 e. The molecule has 1 N–H and O–H groups in total. The smallest absolute Gasteiger partial charge is 0.0834 e. The Kier molecular flexibility index (Phi) is 3.61. The summed E-state index contributed by atoms with van der Waals surface area (Å²) in [6.45, 7) is 8.74. The molecule has 4 heteroatoms. The maximum atomic E-state index is 6.04. The molecule has 2 saturated heterocycles. The third-order valence-electron chi connectivity index (χ3n) is 3.77. The van der Waals surface area contributed by atoms with Crippen LogP contribution in [0.4, 0.5) is 0 Å². The van der Waals surface area contributed by atoms with Gasteiger partial charge in [0.05, 0.1) is 12.2 Å². The molecule has 2 heterocycles. The Hall–Kier alpha value is -0.160. The van der Waals surface area contributed by atoms with Gasteiger partial charge >= 0.3 is 0 Å². The summed E-state index contributed by atoms with van der Waals surface area (Å²) in [5.74, 6) is 0. The van der Waals surface area contributed by atoms with E-state index in [-0.39, 0.29) is 5.60 Å². The highest BCUT2D eigenvalue weighted by molar-refractivity contribution is 4.91. The van der Waals surface area contributed by atoms with Gasteiger partial charge in [0, 0.05) is 26.2 Å². The summed E-state index contributed by atoms with van der Waals surface area (Å²) in [6.07, 6.45) is 2.31. The van der Waals surface area contributed by atoms with E-state index in [9.17, 15) is 0 Å². The monoisotopic (exact) mass is 213 g/mol. The van der Waals surface area contributed by atoms with E-state index < -0.39 is 0 Å². The minimum Gasteiger partial charge on any atom is -0.372 e. The molecule has 0 atom stereocenters. The Labute approximate surface area is 92.5 Å². The lowest BCUT2D eigenvalue weighted by Gasteiger charge is -2.47. The number of nitrogens with zero attached hydrogens (tertiary/aromatic N) is 2. The fourth-order valence-electron chi connectivity index (χ4n) is 2.63. The number of hydrogen-bond donors (Lipinski definition) is 1. The molecule has 2 aliphatic rings. The number of likely N-dealkylation sites (N-methyl/N-ethyl adjacent to an activating group) is 1. The zero-order valence-corrected chi connectivity index (χ0v) is 9.96. The third kappa shape index (κ3) is 2.50. The Morgan fingerprint density at radius 2 is 2.00 bits per heavy atom. The van der Waals surface area contributed by atoms with Crippen molar-refractivity contribution >= 4 is 0 Å². The molecule has 1 spiro atoms. The molecule has 88 valence electrons. The number of morpholine rings is 1. The lowest BCUT2D eigenvalue weighted by molar-refractivity contribution is -0.138. The van der Waals surface area contributed by atoms with Gasteiger partial charge in [0.1, 0.15) is 0 Å². The van der Waals surface area contributed by atoms with Gasteiger partial charge in [0.25, 0.3) is 0 Å². The number of hydrazine groups is 1. The van der Waals surface area contributed by atoms with Crippen LogP contribution in [-0.4, -0.2) is 61.9 Å². The van der Waals surface area contributed by atoms with Crippen molar-refractivity contribution in [1.82, 2.24) is 15.3 Å². The number of ether oxygens (including phenoxy) is 1. The molecule has 2 fully saturated rings. The topological polar surface area (TPSA) is 27.7 Å². The van der Waals surface area contributed by atoms with Crippen LogP contribution < -0.4 is 5.43 Å². The van der Waals surface area contributed by atoms with Gasteiger partial charge in [0.15, 0.2) is 0 Å². The van der Waals surface area contributed by atoms with Crippen molar-refractivity contribution in [2.75, 3.05) is 46.4 Å². The van der Waals surface area contributed by atoms with E-state index >= 15 is 0 Å². The molecule has 15 heavy (non-hydrogen) atoms. The predicted molar refractivity (Wildman–Crippen MR) is 60.7 cm³/mol. The van der Waals surface area contributed by atoms with Crippen molar-refractivity contribution in [3.05, 3.63) is 0 Å². The quantitative estimate of drug-likeness (QED) is 0.714. The second-order valence-corrected chi connectivity index (χ2v) is 4.61. The van der Waals surface area contributed by atoms with Gasteiger partial charge in [-0.05, 0) is 26.4 Å². The highest BCUT2D eigenvalue weighted by atomic mass is 16.5. The van der Waals surface area contributed by atoms with Crippen molar-refractivity contribution in [3.63, 3.8) is 0 Å². The molecule has 0 unspecified atom stereocenters. The van der Waals surface area contributed by atoms with E-state index in [0.717, 1.165) is 52.2 Å². The predicted octanol–water partition coefficient (Wildman–Crippen LogP) is 0.308. The number of nitrogens with one attached hydrogen (secondary N) is 1. The van der Waals surface area contributed by atoms with Gasteiger partial charge in [0.2, 0.25) is 0 Å². The fourth-order valence-corrected chi connectivity index (χ4v) is 2.63. The normalized spacial score (nSPS) is 28.4. The summed E-state index contributed by atoms with van der Waals surface area (Å²) < 4.78 is 6.04. The Bertz CT molecular complexity index is 202. The average Bonchev–Trinajstić information content (AvgIpc) is 2.30. The molecule has 0 aromatic rings. The van der Waals surface area contributed by atoms with E-state index in [1.165, 1.54) is 0 Å². The van der Waals surface area contributed by atoms with Crippen LogP contribution in [0.3, 0.4) is 0 Å². The number of hydrogen-bond acceptors (Lipinski definition) is 4. The second-order valence-electron chi connectivity index (χ2n) is 4.61. The van der Waals surface area contributed by atoms with Gasteiger partial charge in [-0.15, -0.1) is 0 Å². The summed E-state index contributed by atoms with van der Waals surface area (Å²) in [7, 11) is 2.00. The Morgan fingerprint density at radius 1 is 1.27 bits per heavy atom. The van der Waals surface area contributed by atoms with Crippen LogP contribution in [0, 0.1) is 0 Å². The minimum absolute atomic E-state index is 0.154. The highest BCUT2D eigenvalue weighted by Gasteiger charge is 2.38. The largest absolute Gasteiger partial charge is 0.372 e. The van der Waals surface area contributed by atoms with Crippen LogP contribution in [0.5, 0.6) is 0 Å². The molecule has 0 radical (unpaired) electrons. The zero-order chi connectivity index (χ0) is 10.7. The molecule has 0 amide bonds. The van der Waals surface area contributed by atoms with Gasteiger partial charge in [-0.2, -0.15) is 0 Å². The molecule has 0 saturated carbocycles. The number of piperidine rings is 1. The van der Waals surface area contributed by atoms with Crippen LogP contribution in [0.2, 0.25) is 0 Å². The highest BCUT2D eigenvalue weighted by Crippen LogP contribution is 2.29. The first-order valence-corrected chi connectivity index (χ1v) is 6.07. The van der Waals surface area contributed by atoms with Gasteiger partial charge in [-0.3, -0.25) is 10.3 Å². The van der Waals surface area contributed by atoms with Gasteiger partial charge in [-0.1, -0.05) is 6.92 Å². The summed E-state index contributed by atoms with van der Waals surface area (Å²) >= 11 is 0. The Morgan fingerprint density at radius 3 is 2.60 bits per heavy atom. The van der Waals surface area contributed by atoms with Crippen LogP contribution >= 0.6 is 0 Å². The standard InChI is InChI=1S/C11H23N3O/c1-3-13-8-9-15-11(10-13)4-6-14(12-2)7-5-11/h12H,3-10H2,1-2H3. The first kappa shape index (κ1) is 11.3. The second kappa shape index (κ2) is 4.78. The van der Waals surface area contributed by atoms with E-state index in [1.807, 2.05) is 7.05 Å². The van der Waals surface area contributed by atoms with Crippen LogP contribution in [0.1, 0.15) is 19.8 Å². The molecule has 2 rings (SSSR count). The minimum atomic E-state index is 0.154. The summed E-state index contributed by atoms with van der Waals surface area (Å²) in [4.78, 5) is 2.51. The fraction of sp³-hybridized carbons (Fsp3) is 1.00. The van der Waals surface area contributed by atoms with Crippen molar-refractivity contribution < 1.29 is 4.74 Å². The van der Waals surface area contributed by atoms with E-state index in [2.05, 4.69) is 22.3 Å². The maximum absolute atomic E-state index is 6.04. The Balaban J connectivity index is 1.90. The molecule has 2 aliphatic heterocycles. The summed E-state index contributed by atoms with van der Waals surface area (Å²) in [6, 6.07) is 0. The van der Waals surface area contributed by atoms with Crippen LogP contribution in [0.15, 0.2) is 0 Å². The summed E-state index contributed by atoms with van der Waals surface area (Å²) in [5.41, 5.74) is 3.37. The lowest BCUT2D eigenvalue weighted by Crippen LogP contribution is -2.58. The lowest BCUT2D eigenvalue weighted by atomic mass is 9.90. The molecule has 0 aliphatic carbocycles. The van der Waals surface area contributed by atoms with Crippen molar-refractivity contribution in [1.29, 1.82) is 0 Å². The number of rotatable bonds is 2. The van der Waals surface area contributed by atoms with Gasteiger partial charge in [-0.25, -0.2) is 5.01 Å². The third-order valence-corrected chi connectivity index (χ3v) is 3.77. The zero-order valence-electron chi connectivity index (χ0n) is 9.96. The molecule has 0 bridgehead atoms. The van der Waals surface area contributed by atoms with Crippen molar-refractivity contribution in [3.8, 4) is 0 Å². The summed E-state index contributed by atoms with van der Waals surface area (Å²) in [5, 5.41) is 2.28. The van der Waals surface area contributed by atoms with Crippen LogP contribution in [0.25, 0.3) is 0 Å². The van der Waals surface area contributed by atoms with Crippen molar-refractivity contribution in [2.45, 2.75) is 25.4 Å². The van der Waals surface area contributed by atoms with E-state index in [4.69, 9.17) is 4.74 Å². The molecular formula is C11H23N3O. The van der Waals surface area contributed by atoms with E-state index in [0.29, 0.717) is 0 Å². The molecule has 0 aromatic heterocycles. The molecule has 4 nitrogen and oxygen atoms in total. The average molecular weight is 213 g/mol. The SMILES string of the molecule is CCN1CCOC2(CCN(NC)CC2)C1. The molecule has 0 aromatic carbocycles. The first-order valence-electron chi connectivity index (χ1n) is 6.07. The van der Waals surface area contributed by atoms with Crippen LogP contribution in [-0.2, 0) is 4.74 Å². The van der Waals surface area contributed by atoms with Gasteiger partial charge < -0.3 is 4.74 Å².